The second-order valence-corrected chi connectivity index (χ2v) is 7.02. The maximum atomic E-state index is 9.36. The molecule has 0 aliphatic heterocycles. The van der Waals surface area contributed by atoms with Crippen LogP contribution in [0.5, 0.6) is 0 Å². The van der Waals surface area contributed by atoms with E-state index in [1.165, 1.54) is 6.20 Å². The molecule has 1 N–H and O–H groups in total. The first-order valence-electron chi connectivity index (χ1n) is 8.29. The normalized spacial score (nSPS) is 11.1. The largest absolute Gasteiger partial charge is 0.340 e. The lowest BCUT2D eigenvalue weighted by Crippen LogP contribution is -2.28. The van der Waals surface area contributed by atoms with Gasteiger partial charge < -0.3 is 5.32 Å². The van der Waals surface area contributed by atoms with Gasteiger partial charge in [-0.15, -0.1) is 23.2 Å². The molecule has 0 aliphatic rings. The summed E-state index contributed by atoms with van der Waals surface area (Å²) in [6.07, 6.45) is 1.50. The zero-order valence-corrected chi connectivity index (χ0v) is 16.6. The number of anilines is 2. The number of nitriles is 1. The minimum absolute atomic E-state index is 0.409. The fourth-order valence-corrected chi connectivity index (χ4v) is 3.38. The summed E-state index contributed by atoms with van der Waals surface area (Å²) in [6.45, 7) is 1.96. The van der Waals surface area contributed by atoms with Gasteiger partial charge in [-0.3, -0.25) is 4.90 Å². The topological polar surface area (TPSA) is 69.2 Å². The van der Waals surface area contributed by atoms with Crippen molar-refractivity contribution in [3.05, 3.63) is 52.8 Å². The molecule has 1 aromatic carbocycles. The highest BCUT2D eigenvalue weighted by molar-refractivity contribution is 6.30. The van der Waals surface area contributed by atoms with Crippen LogP contribution in [0.1, 0.15) is 11.3 Å². The van der Waals surface area contributed by atoms with E-state index < -0.39 is 0 Å². The molecule has 6 nitrogen and oxygen atoms in total. The Labute approximate surface area is 172 Å². The molecule has 0 atom stereocenters. The Balaban J connectivity index is 2.00. The highest BCUT2D eigenvalue weighted by Gasteiger charge is 2.14. The van der Waals surface area contributed by atoms with Crippen molar-refractivity contribution >= 4 is 52.0 Å². The smallest absolute Gasteiger partial charge is 0.175 e. The van der Waals surface area contributed by atoms with Gasteiger partial charge in [-0.2, -0.15) is 14.9 Å². The highest BCUT2D eigenvalue weighted by atomic mass is 35.5. The van der Waals surface area contributed by atoms with Gasteiger partial charge >= 0.3 is 0 Å². The molecule has 0 fully saturated rings. The van der Waals surface area contributed by atoms with E-state index in [4.69, 9.17) is 34.8 Å². The third-order valence-corrected chi connectivity index (χ3v) is 4.50. The van der Waals surface area contributed by atoms with Crippen molar-refractivity contribution in [3.63, 3.8) is 0 Å². The first kappa shape index (κ1) is 19.7. The van der Waals surface area contributed by atoms with Gasteiger partial charge in [-0.1, -0.05) is 17.7 Å². The van der Waals surface area contributed by atoms with Crippen molar-refractivity contribution in [1.29, 1.82) is 5.26 Å². The number of aromatic nitrogens is 3. The lowest BCUT2D eigenvalue weighted by Gasteiger charge is -2.20. The summed E-state index contributed by atoms with van der Waals surface area (Å²) in [7, 11) is 0. The number of fused-ring (bicyclic) bond motifs is 1. The van der Waals surface area contributed by atoms with Crippen LogP contribution in [0.3, 0.4) is 0 Å². The SMILES string of the molecule is N#Cc1cnn2c(Nc3cccc(Cl)c3)cc(CN(CCCl)CCCl)nc12. The Morgan fingerprint density at radius 1 is 1.19 bits per heavy atom. The van der Waals surface area contributed by atoms with Crippen LogP contribution in [0.15, 0.2) is 36.5 Å². The van der Waals surface area contributed by atoms with Crippen molar-refractivity contribution in [2.24, 2.45) is 0 Å². The molecule has 0 bridgehead atoms. The Hall–Kier alpha value is -2.04. The van der Waals surface area contributed by atoms with Crippen molar-refractivity contribution in [1.82, 2.24) is 19.5 Å². The molecule has 0 aliphatic carbocycles. The number of benzene rings is 1. The number of nitrogens with zero attached hydrogens (tertiary/aromatic N) is 5. The van der Waals surface area contributed by atoms with Crippen molar-refractivity contribution in [3.8, 4) is 6.07 Å². The lowest BCUT2D eigenvalue weighted by molar-refractivity contribution is 0.296. The van der Waals surface area contributed by atoms with Crippen LogP contribution in [0, 0.1) is 11.3 Å². The maximum absolute atomic E-state index is 9.36. The molecule has 140 valence electrons. The van der Waals surface area contributed by atoms with Crippen molar-refractivity contribution < 1.29 is 0 Å². The van der Waals surface area contributed by atoms with Crippen LogP contribution in [0.25, 0.3) is 5.65 Å². The van der Waals surface area contributed by atoms with Crippen LogP contribution >= 0.6 is 34.8 Å². The molecule has 3 rings (SSSR count). The van der Waals surface area contributed by atoms with Crippen molar-refractivity contribution in [2.75, 3.05) is 30.2 Å². The predicted octanol–water partition coefficient (Wildman–Crippen LogP) is 4.28. The summed E-state index contributed by atoms with van der Waals surface area (Å²) in [5.41, 5.74) is 2.51. The van der Waals surface area contributed by atoms with Gasteiger partial charge in [0.05, 0.1) is 11.9 Å². The van der Waals surface area contributed by atoms with Gasteiger partial charge in [-0.05, 0) is 18.2 Å². The molecule has 2 heterocycles. The van der Waals surface area contributed by atoms with E-state index in [-0.39, 0.29) is 0 Å². The lowest BCUT2D eigenvalue weighted by atomic mass is 10.3. The number of hydrogen-bond acceptors (Lipinski definition) is 5. The Kier molecular flexibility index (Phi) is 6.75. The highest BCUT2D eigenvalue weighted by Crippen LogP contribution is 2.23. The average molecular weight is 424 g/mol. The van der Waals surface area contributed by atoms with Gasteiger partial charge in [-0.25, -0.2) is 4.98 Å². The molecule has 0 unspecified atom stereocenters. The van der Waals surface area contributed by atoms with Crippen LogP contribution in [-0.4, -0.2) is 44.3 Å². The first-order valence-corrected chi connectivity index (χ1v) is 9.74. The molecule has 27 heavy (non-hydrogen) atoms. The van der Waals surface area contributed by atoms with Gasteiger partial charge in [0.2, 0.25) is 0 Å². The van der Waals surface area contributed by atoms with E-state index >= 15 is 0 Å². The van der Waals surface area contributed by atoms with Gasteiger partial charge in [0.25, 0.3) is 0 Å². The minimum atomic E-state index is 0.409. The zero-order chi connectivity index (χ0) is 19.2. The van der Waals surface area contributed by atoms with E-state index in [0.717, 1.165) is 11.4 Å². The summed E-state index contributed by atoms with van der Waals surface area (Å²) in [4.78, 5) is 6.73. The predicted molar refractivity (Wildman–Crippen MR) is 109 cm³/mol. The van der Waals surface area contributed by atoms with Gasteiger partial charge in [0, 0.05) is 48.2 Å². The summed E-state index contributed by atoms with van der Waals surface area (Å²) >= 11 is 17.9. The summed E-state index contributed by atoms with van der Waals surface area (Å²) in [5.74, 6) is 1.70. The fraction of sp³-hybridized carbons (Fsp3) is 0.278. The summed E-state index contributed by atoms with van der Waals surface area (Å²) < 4.78 is 1.61. The number of alkyl halides is 2. The molecule has 0 saturated heterocycles. The molecule has 0 spiro atoms. The zero-order valence-electron chi connectivity index (χ0n) is 14.4. The maximum Gasteiger partial charge on any atom is 0.175 e. The van der Waals surface area contributed by atoms with Crippen LogP contribution in [0.4, 0.5) is 11.5 Å². The quantitative estimate of drug-likeness (QED) is 0.548. The van der Waals surface area contributed by atoms with Gasteiger partial charge in [0.15, 0.2) is 5.65 Å². The Morgan fingerprint density at radius 2 is 1.96 bits per heavy atom. The third kappa shape index (κ3) is 4.82. The molecular formula is C18H17Cl3N6. The number of halogens is 3. The molecule has 0 amide bonds. The molecular weight excluding hydrogens is 407 g/mol. The first-order chi connectivity index (χ1) is 13.1. The average Bonchev–Trinajstić information content (AvgIpc) is 3.05. The van der Waals surface area contributed by atoms with Gasteiger partial charge in [0.1, 0.15) is 17.5 Å². The van der Waals surface area contributed by atoms with Crippen LogP contribution in [0.2, 0.25) is 5.02 Å². The van der Waals surface area contributed by atoms with E-state index in [2.05, 4.69) is 26.4 Å². The van der Waals surface area contributed by atoms with E-state index in [1.54, 1.807) is 10.6 Å². The summed E-state index contributed by atoms with van der Waals surface area (Å²) in [6, 6.07) is 11.4. The number of hydrogen-bond donors (Lipinski definition) is 1. The third-order valence-electron chi connectivity index (χ3n) is 3.93. The number of rotatable bonds is 8. The molecule has 0 saturated carbocycles. The molecule has 0 radical (unpaired) electrons. The molecule has 2 aromatic heterocycles. The Morgan fingerprint density at radius 3 is 2.63 bits per heavy atom. The number of nitrogens with one attached hydrogen (secondary N) is 1. The molecule has 9 heteroatoms. The fourth-order valence-electron chi connectivity index (χ4n) is 2.71. The van der Waals surface area contributed by atoms with E-state index in [0.29, 0.717) is 53.4 Å². The van der Waals surface area contributed by atoms with E-state index in [9.17, 15) is 5.26 Å². The monoisotopic (exact) mass is 422 g/mol. The Bertz CT molecular complexity index is 959. The van der Waals surface area contributed by atoms with Crippen molar-refractivity contribution in [2.45, 2.75) is 6.54 Å². The van der Waals surface area contributed by atoms with E-state index in [1.807, 2.05) is 24.3 Å². The minimum Gasteiger partial charge on any atom is -0.340 e. The second kappa shape index (κ2) is 9.25. The summed E-state index contributed by atoms with van der Waals surface area (Å²) in [5, 5.41) is 17.6. The van der Waals surface area contributed by atoms with Crippen LogP contribution < -0.4 is 5.32 Å². The second-order valence-electron chi connectivity index (χ2n) is 5.83. The standard InChI is InChI=1S/C18H17Cl3N6/c19-4-6-26(7-5-20)12-16-9-17(24-15-3-1-2-14(21)8-15)27-18(25-16)13(10-22)11-23-27/h1-3,8-9,11,24H,4-7,12H2. The molecule has 3 aromatic rings. The van der Waals surface area contributed by atoms with Crippen LogP contribution in [-0.2, 0) is 6.54 Å².